The van der Waals surface area contributed by atoms with Gasteiger partial charge in [0.25, 0.3) is 0 Å². The number of nitrogens with zero attached hydrogens (tertiary/aromatic N) is 1. The van der Waals surface area contributed by atoms with Crippen molar-refractivity contribution in [3.05, 3.63) is 35.5 Å². The first-order valence-corrected chi connectivity index (χ1v) is 7.88. The predicted octanol–water partition coefficient (Wildman–Crippen LogP) is 3.44. The average Bonchev–Trinajstić information content (AvgIpc) is 2.59. The monoisotopic (exact) mass is 340 g/mol. The van der Waals surface area contributed by atoms with Crippen LogP contribution in [0, 0.1) is 0 Å². The highest BCUT2D eigenvalue weighted by Crippen LogP contribution is 2.37. The fourth-order valence-electron chi connectivity index (χ4n) is 3.17. The molecule has 7 heteroatoms. The molecule has 0 saturated carbocycles. The molecule has 2 N–H and O–H groups in total. The van der Waals surface area contributed by atoms with Crippen LogP contribution in [0.15, 0.2) is 24.3 Å². The maximum Gasteiger partial charge on any atom is 0.433 e. The molecule has 1 aliphatic rings. The zero-order valence-corrected chi connectivity index (χ0v) is 13.2. The number of halogens is 3. The van der Waals surface area contributed by atoms with Gasteiger partial charge in [0.15, 0.2) is 0 Å². The second-order valence-corrected chi connectivity index (χ2v) is 5.95. The number of para-hydroxylation sites is 1. The van der Waals surface area contributed by atoms with Gasteiger partial charge in [0.1, 0.15) is 17.0 Å². The number of benzene rings is 1. The van der Waals surface area contributed by atoms with Crippen LogP contribution in [0.4, 0.5) is 13.2 Å². The smallest absolute Gasteiger partial charge is 0.433 e. The molecule has 2 unspecified atom stereocenters. The van der Waals surface area contributed by atoms with Crippen molar-refractivity contribution in [1.29, 1.82) is 0 Å². The Hall–Kier alpha value is -1.86. The van der Waals surface area contributed by atoms with E-state index in [4.69, 9.17) is 4.74 Å². The molecule has 0 radical (unpaired) electrons. The van der Waals surface area contributed by atoms with Crippen molar-refractivity contribution in [1.82, 2.24) is 10.3 Å². The van der Waals surface area contributed by atoms with Gasteiger partial charge in [0.05, 0.1) is 13.2 Å². The Labute approximate surface area is 137 Å². The zero-order chi connectivity index (χ0) is 17.3. The number of piperidine rings is 1. The number of pyridine rings is 1. The second kappa shape index (κ2) is 6.57. The van der Waals surface area contributed by atoms with Crippen molar-refractivity contribution in [2.24, 2.45) is 0 Å². The molecule has 24 heavy (non-hydrogen) atoms. The lowest BCUT2D eigenvalue weighted by atomic mass is 9.92. The van der Waals surface area contributed by atoms with E-state index in [-0.39, 0.29) is 22.9 Å². The third kappa shape index (κ3) is 3.18. The molecule has 0 spiro atoms. The van der Waals surface area contributed by atoms with Crippen LogP contribution >= 0.6 is 0 Å². The van der Waals surface area contributed by atoms with E-state index in [1.165, 1.54) is 7.11 Å². The van der Waals surface area contributed by atoms with Crippen LogP contribution < -0.4 is 10.1 Å². The lowest BCUT2D eigenvalue weighted by Gasteiger charge is -2.29. The lowest BCUT2D eigenvalue weighted by molar-refractivity contribution is -0.141. The Morgan fingerprint density at radius 3 is 2.75 bits per heavy atom. The maximum atomic E-state index is 13.2. The maximum absolute atomic E-state index is 13.2. The van der Waals surface area contributed by atoms with Crippen molar-refractivity contribution >= 4 is 10.9 Å². The highest BCUT2D eigenvalue weighted by Gasteiger charge is 2.35. The van der Waals surface area contributed by atoms with Crippen molar-refractivity contribution in [3.8, 4) is 5.75 Å². The summed E-state index contributed by atoms with van der Waals surface area (Å²) in [5.41, 5.74) is -0.685. The SMILES string of the molecule is COc1cccc2c(C(O)C3CCCCN3)cc(C(F)(F)F)nc12. The highest BCUT2D eigenvalue weighted by atomic mass is 19.4. The van der Waals surface area contributed by atoms with Crippen LogP contribution in [-0.2, 0) is 6.18 Å². The highest BCUT2D eigenvalue weighted by molar-refractivity contribution is 5.88. The first-order valence-electron chi connectivity index (χ1n) is 7.88. The molecular formula is C17H19F3N2O2. The molecular weight excluding hydrogens is 321 g/mol. The molecule has 130 valence electrons. The van der Waals surface area contributed by atoms with E-state index >= 15 is 0 Å². The zero-order valence-electron chi connectivity index (χ0n) is 13.2. The summed E-state index contributed by atoms with van der Waals surface area (Å²) in [7, 11) is 1.38. The number of rotatable bonds is 3. The summed E-state index contributed by atoms with van der Waals surface area (Å²) >= 11 is 0. The van der Waals surface area contributed by atoms with Crippen molar-refractivity contribution < 1.29 is 23.0 Å². The number of alkyl halides is 3. The standard InChI is InChI=1S/C17H19F3N2O2/c1-24-13-7-4-5-10-11(16(23)12-6-2-3-8-21-12)9-14(17(18,19)20)22-15(10)13/h4-5,7,9,12,16,21,23H,2-3,6,8H2,1H3. The number of nitrogens with one attached hydrogen (secondary N) is 1. The third-order valence-electron chi connectivity index (χ3n) is 4.39. The first kappa shape index (κ1) is 17.0. The summed E-state index contributed by atoms with van der Waals surface area (Å²) in [4.78, 5) is 3.72. The Bertz CT molecular complexity index is 728. The van der Waals surface area contributed by atoms with E-state index in [9.17, 15) is 18.3 Å². The number of aliphatic hydroxyl groups excluding tert-OH is 1. The Kier molecular flexibility index (Phi) is 4.64. The Balaban J connectivity index is 2.17. The van der Waals surface area contributed by atoms with E-state index < -0.39 is 18.0 Å². The van der Waals surface area contributed by atoms with Gasteiger partial charge >= 0.3 is 6.18 Å². The molecule has 2 aromatic rings. The molecule has 0 aliphatic carbocycles. The first-order chi connectivity index (χ1) is 11.4. The van der Waals surface area contributed by atoms with Gasteiger partial charge in [0.2, 0.25) is 0 Å². The van der Waals surface area contributed by atoms with Gasteiger partial charge in [-0.2, -0.15) is 13.2 Å². The topological polar surface area (TPSA) is 54.4 Å². The van der Waals surface area contributed by atoms with E-state index in [2.05, 4.69) is 10.3 Å². The fourth-order valence-corrected chi connectivity index (χ4v) is 3.17. The molecule has 1 aliphatic heterocycles. The normalized spacial score (nSPS) is 20.1. The summed E-state index contributed by atoms with van der Waals surface area (Å²) in [5.74, 6) is 0.253. The van der Waals surface area contributed by atoms with E-state index in [0.717, 1.165) is 31.9 Å². The summed E-state index contributed by atoms with van der Waals surface area (Å²) < 4.78 is 44.9. The average molecular weight is 340 g/mol. The van der Waals surface area contributed by atoms with Crippen LogP contribution in [0.2, 0.25) is 0 Å². The molecule has 0 amide bonds. The minimum atomic E-state index is -4.59. The number of fused-ring (bicyclic) bond motifs is 1. The van der Waals surface area contributed by atoms with Crippen LogP contribution in [-0.4, -0.2) is 29.8 Å². The number of hydrogen-bond acceptors (Lipinski definition) is 4. The third-order valence-corrected chi connectivity index (χ3v) is 4.39. The number of ether oxygens (including phenoxy) is 1. The number of aromatic nitrogens is 1. The number of methoxy groups -OCH3 is 1. The molecule has 3 rings (SSSR count). The summed E-state index contributed by atoms with van der Waals surface area (Å²) in [6.07, 6.45) is -2.97. The largest absolute Gasteiger partial charge is 0.494 e. The van der Waals surface area contributed by atoms with Gasteiger partial charge in [-0.1, -0.05) is 18.6 Å². The quantitative estimate of drug-likeness (QED) is 0.899. The van der Waals surface area contributed by atoms with E-state index in [1.54, 1.807) is 18.2 Å². The van der Waals surface area contributed by atoms with Crippen LogP contribution in [0.25, 0.3) is 10.9 Å². The molecule has 2 heterocycles. The van der Waals surface area contributed by atoms with Gasteiger partial charge in [-0.05, 0) is 37.1 Å². The Morgan fingerprint density at radius 2 is 2.12 bits per heavy atom. The van der Waals surface area contributed by atoms with E-state index in [0.29, 0.717) is 5.39 Å². The van der Waals surface area contributed by atoms with Gasteiger partial charge in [0, 0.05) is 11.4 Å². The summed E-state index contributed by atoms with van der Waals surface area (Å²) in [6, 6.07) is 5.58. The number of hydrogen-bond donors (Lipinski definition) is 2. The Morgan fingerprint density at radius 1 is 1.33 bits per heavy atom. The fraction of sp³-hybridized carbons (Fsp3) is 0.471. The van der Waals surface area contributed by atoms with Crippen LogP contribution in [0.1, 0.15) is 36.6 Å². The molecule has 2 atom stereocenters. The lowest BCUT2D eigenvalue weighted by Crippen LogP contribution is -2.39. The summed E-state index contributed by atoms with van der Waals surface area (Å²) in [6.45, 7) is 0.750. The van der Waals surface area contributed by atoms with Crippen molar-refractivity contribution in [3.63, 3.8) is 0 Å². The van der Waals surface area contributed by atoms with Crippen molar-refractivity contribution in [2.75, 3.05) is 13.7 Å². The van der Waals surface area contributed by atoms with Crippen LogP contribution in [0.3, 0.4) is 0 Å². The minimum absolute atomic E-state index is 0.111. The van der Waals surface area contributed by atoms with Gasteiger partial charge < -0.3 is 15.2 Å². The van der Waals surface area contributed by atoms with E-state index in [1.807, 2.05) is 0 Å². The van der Waals surface area contributed by atoms with Gasteiger partial charge in [-0.25, -0.2) is 4.98 Å². The summed E-state index contributed by atoms with van der Waals surface area (Å²) in [5, 5.41) is 14.4. The molecule has 0 bridgehead atoms. The number of aliphatic hydroxyl groups is 1. The van der Waals surface area contributed by atoms with Crippen LogP contribution in [0.5, 0.6) is 5.75 Å². The van der Waals surface area contributed by atoms with Gasteiger partial charge in [-0.3, -0.25) is 0 Å². The molecule has 4 nitrogen and oxygen atoms in total. The van der Waals surface area contributed by atoms with Gasteiger partial charge in [-0.15, -0.1) is 0 Å². The minimum Gasteiger partial charge on any atom is -0.494 e. The predicted molar refractivity (Wildman–Crippen MR) is 83.9 cm³/mol. The molecule has 1 fully saturated rings. The molecule has 1 saturated heterocycles. The molecule has 1 aromatic carbocycles. The molecule has 1 aromatic heterocycles. The second-order valence-electron chi connectivity index (χ2n) is 5.95. The van der Waals surface area contributed by atoms with Crippen molar-refractivity contribution in [2.45, 2.75) is 37.6 Å².